The van der Waals surface area contributed by atoms with Crippen LogP contribution in [0.15, 0.2) is 42.5 Å². The van der Waals surface area contributed by atoms with Crippen molar-refractivity contribution >= 4 is 35.0 Å². The van der Waals surface area contributed by atoms with Crippen LogP contribution in [-0.2, 0) is 16.0 Å². The average molecular weight is 414 g/mol. The summed E-state index contributed by atoms with van der Waals surface area (Å²) in [5.74, 6) is -0.510. The Bertz CT molecular complexity index is 958. The summed E-state index contributed by atoms with van der Waals surface area (Å²) in [5, 5.41) is 3.15. The van der Waals surface area contributed by atoms with Crippen LogP contribution in [0.4, 0.5) is 5.69 Å². The number of nitrogens with one attached hydrogen (secondary N) is 1. The van der Waals surface area contributed by atoms with Gasteiger partial charge in [-0.1, -0.05) is 35.9 Å². The van der Waals surface area contributed by atoms with E-state index in [9.17, 15) is 14.4 Å². The van der Waals surface area contributed by atoms with Crippen molar-refractivity contribution < 1.29 is 14.4 Å². The highest BCUT2D eigenvalue weighted by Crippen LogP contribution is 2.33. The van der Waals surface area contributed by atoms with E-state index in [1.807, 2.05) is 24.3 Å². The highest BCUT2D eigenvalue weighted by atomic mass is 35.5. The third kappa shape index (κ3) is 4.59. The van der Waals surface area contributed by atoms with Crippen LogP contribution in [0.25, 0.3) is 0 Å². The molecule has 1 heterocycles. The third-order valence-corrected chi connectivity index (χ3v) is 5.42. The fourth-order valence-electron chi connectivity index (χ4n) is 3.64. The monoisotopic (exact) mass is 413 g/mol. The molecule has 0 spiro atoms. The van der Waals surface area contributed by atoms with Gasteiger partial charge >= 0.3 is 0 Å². The summed E-state index contributed by atoms with van der Waals surface area (Å²) >= 11 is 6.22. The van der Waals surface area contributed by atoms with Crippen molar-refractivity contribution in [3.63, 3.8) is 0 Å². The molecule has 0 radical (unpaired) electrons. The lowest BCUT2D eigenvalue weighted by Gasteiger charge is -2.36. The van der Waals surface area contributed by atoms with E-state index in [1.165, 1.54) is 11.8 Å². The van der Waals surface area contributed by atoms with Gasteiger partial charge in [0.25, 0.3) is 5.91 Å². The fraction of sp³-hybridized carbons (Fsp3) is 0.318. The summed E-state index contributed by atoms with van der Waals surface area (Å²) in [6, 6.07) is 12.3. The maximum Gasteiger partial charge on any atom is 0.253 e. The van der Waals surface area contributed by atoms with Gasteiger partial charge in [-0.25, -0.2) is 0 Å². The predicted octanol–water partition coefficient (Wildman–Crippen LogP) is 3.52. The molecule has 1 unspecified atom stereocenters. The summed E-state index contributed by atoms with van der Waals surface area (Å²) in [4.78, 5) is 40.3. The van der Waals surface area contributed by atoms with Gasteiger partial charge in [0, 0.05) is 33.1 Å². The Morgan fingerprint density at radius 2 is 1.90 bits per heavy atom. The largest absolute Gasteiger partial charge is 0.345 e. The van der Waals surface area contributed by atoms with Crippen LogP contribution in [0.3, 0.4) is 0 Å². The van der Waals surface area contributed by atoms with Gasteiger partial charge in [0.05, 0.1) is 23.2 Å². The molecule has 0 aromatic heterocycles. The number of carbonyl (C=O) groups excluding carboxylic acids is 3. The second-order valence-electron chi connectivity index (χ2n) is 7.32. The first-order valence-corrected chi connectivity index (χ1v) is 9.81. The number of benzene rings is 2. The van der Waals surface area contributed by atoms with Crippen LogP contribution in [0.2, 0.25) is 5.02 Å². The molecule has 29 heavy (non-hydrogen) atoms. The van der Waals surface area contributed by atoms with Crippen molar-refractivity contribution in [2.75, 3.05) is 26.0 Å². The molecule has 7 heteroatoms. The molecule has 1 atom stereocenters. The lowest BCUT2D eigenvalue weighted by molar-refractivity contribution is -0.132. The normalized spacial score (nSPS) is 15.4. The number of hydrogen-bond donors (Lipinski definition) is 1. The third-order valence-electron chi connectivity index (χ3n) is 5.09. The van der Waals surface area contributed by atoms with E-state index < -0.39 is 0 Å². The summed E-state index contributed by atoms with van der Waals surface area (Å²) in [5.41, 5.74) is 2.96. The van der Waals surface area contributed by atoms with Crippen LogP contribution in [0.1, 0.15) is 40.9 Å². The van der Waals surface area contributed by atoms with Crippen molar-refractivity contribution in [1.82, 2.24) is 9.80 Å². The standard InChI is InChI=1S/C22H24ClN3O3/c1-14(27)26-11-10-15-6-4-5-7-17(15)20(26)13-21(28)24-19-12-16(8-9-18(19)23)22(29)25(2)3/h4-9,12,20H,10-11,13H2,1-3H3,(H,24,28). The number of hydrogen-bond acceptors (Lipinski definition) is 3. The second-order valence-corrected chi connectivity index (χ2v) is 7.73. The van der Waals surface area contributed by atoms with Gasteiger partial charge < -0.3 is 15.1 Å². The summed E-state index contributed by atoms with van der Waals surface area (Å²) < 4.78 is 0. The zero-order valence-electron chi connectivity index (χ0n) is 16.7. The molecule has 1 N–H and O–H groups in total. The first-order valence-electron chi connectivity index (χ1n) is 9.44. The number of anilines is 1. The number of amides is 3. The average Bonchev–Trinajstić information content (AvgIpc) is 2.69. The van der Waals surface area contributed by atoms with Crippen LogP contribution in [-0.4, -0.2) is 48.2 Å². The van der Waals surface area contributed by atoms with E-state index in [1.54, 1.807) is 37.2 Å². The van der Waals surface area contributed by atoms with Gasteiger partial charge in [-0.15, -0.1) is 0 Å². The van der Waals surface area contributed by atoms with E-state index in [2.05, 4.69) is 5.32 Å². The molecule has 0 aliphatic carbocycles. The van der Waals surface area contributed by atoms with Crippen molar-refractivity contribution in [2.45, 2.75) is 25.8 Å². The molecule has 3 amide bonds. The minimum atomic E-state index is -0.331. The minimum Gasteiger partial charge on any atom is -0.345 e. The van der Waals surface area contributed by atoms with Crippen molar-refractivity contribution in [2.24, 2.45) is 0 Å². The molecule has 0 bridgehead atoms. The summed E-state index contributed by atoms with van der Waals surface area (Å²) in [6.07, 6.45) is 0.882. The SMILES string of the molecule is CC(=O)N1CCc2ccccc2C1CC(=O)Nc1cc(C(=O)N(C)C)ccc1Cl. The molecule has 0 fully saturated rings. The Morgan fingerprint density at radius 1 is 1.17 bits per heavy atom. The quantitative estimate of drug-likeness (QED) is 0.833. The number of carbonyl (C=O) groups is 3. The molecule has 0 saturated carbocycles. The highest BCUT2D eigenvalue weighted by molar-refractivity contribution is 6.33. The number of halogens is 1. The molecular formula is C22H24ClN3O3. The highest BCUT2D eigenvalue weighted by Gasteiger charge is 2.30. The van der Waals surface area contributed by atoms with Gasteiger partial charge in [-0.3, -0.25) is 14.4 Å². The topological polar surface area (TPSA) is 69.7 Å². The zero-order chi connectivity index (χ0) is 21.1. The fourth-order valence-corrected chi connectivity index (χ4v) is 3.80. The van der Waals surface area contributed by atoms with Gasteiger partial charge in [0.15, 0.2) is 0 Å². The van der Waals surface area contributed by atoms with Crippen LogP contribution in [0, 0.1) is 0 Å². The smallest absolute Gasteiger partial charge is 0.253 e. The predicted molar refractivity (Wildman–Crippen MR) is 113 cm³/mol. The number of nitrogens with zero attached hydrogens (tertiary/aromatic N) is 2. The van der Waals surface area contributed by atoms with Gasteiger partial charge in [-0.2, -0.15) is 0 Å². The molecule has 2 aromatic carbocycles. The molecule has 6 nitrogen and oxygen atoms in total. The Labute approximate surface area is 175 Å². The van der Waals surface area contributed by atoms with Crippen LogP contribution in [0.5, 0.6) is 0 Å². The first kappa shape index (κ1) is 20.9. The lowest BCUT2D eigenvalue weighted by Crippen LogP contribution is -2.40. The van der Waals surface area contributed by atoms with Crippen molar-refractivity contribution in [3.05, 3.63) is 64.2 Å². The van der Waals surface area contributed by atoms with Crippen molar-refractivity contribution in [3.8, 4) is 0 Å². The summed E-state index contributed by atoms with van der Waals surface area (Å²) in [7, 11) is 3.32. The molecule has 1 aliphatic heterocycles. The van der Waals surface area contributed by atoms with E-state index in [-0.39, 0.29) is 30.2 Å². The Hall–Kier alpha value is -2.86. The molecule has 3 rings (SSSR count). The lowest BCUT2D eigenvalue weighted by atomic mass is 9.90. The van der Waals surface area contributed by atoms with Crippen LogP contribution >= 0.6 is 11.6 Å². The van der Waals surface area contributed by atoms with Crippen molar-refractivity contribution in [1.29, 1.82) is 0 Å². The minimum absolute atomic E-state index is 0.0612. The Morgan fingerprint density at radius 3 is 2.59 bits per heavy atom. The van der Waals surface area contributed by atoms with E-state index >= 15 is 0 Å². The summed E-state index contributed by atoms with van der Waals surface area (Å²) in [6.45, 7) is 2.10. The second kappa shape index (κ2) is 8.66. The maximum atomic E-state index is 12.8. The van der Waals surface area contributed by atoms with E-state index in [0.717, 1.165) is 17.5 Å². The van der Waals surface area contributed by atoms with E-state index in [0.29, 0.717) is 22.8 Å². The maximum absolute atomic E-state index is 12.8. The zero-order valence-corrected chi connectivity index (χ0v) is 17.5. The molecule has 1 aliphatic rings. The Kier molecular flexibility index (Phi) is 6.23. The van der Waals surface area contributed by atoms with E-state index in [4.69, 9.17) is 11.6 Å². The Balaban J connectivity index is 1.82. The van der Waals surface area contributed by atoms with Gasteiger partial charge in [0.1, 0.15) is 0 Å². The number of fused-ring (bicyclic) bond motifs is 1. The van der Waals surface area contributed by atoms with Gasteiger partial charge in [0.2, 0.25) is 11.8 Å². The number of rotatable bonds is 4. The van der Waals surface area contributed by atoms with Gasteiger partial charge in [-0.05, 0) is 35.7 Å². The molecular weight excluding hydrogens is 390 g/mol. The first-order chi connectivity index (χ1) is 13.8. The molecule has 152 valence electrons. The molecule has 0 saturated heterocycles. The molecule has 2 aromatic rings. The van der Waals surface area contributed by atoms with Crippen LogP contribution < -0.4 is 5.32 Å².